The van der Waals surface area contributed by atoms with Crippen LogP contribution in [0.15, 0.2) is 24.3 Å². The molecular weight excluding hydrogens is 234 g/mol. The second kappa shape index (κ2) is 4.44. The zero-order chi connectivity index (χ0) is 13.3. The minimum Gasteiger partial charge on any atom is -0.478 e. The summed E-state index contributed by atoms with van der Waals surface area (Å²) in [6.07, 6.45) is 0. The maximum atomic E-state index is 11.4. The summed E-state index contributed by atoms with van der Waals surface area (Å²) in [6, 6.07) is 6.16. The number of methoxy groups -OCH3 is 1. The van der Waals surface area contributed by atoms with Gasteiger partial charge in [-0.1, -0.05) is 0 Å². The van der Waals surface area contributed by atoms with Crippen molar-refractivity contribution >= 4 is 22.8 Å². The molecule has 0 unspecified atom stereocenters. The molecule has 0 fully saturated rings. The highest BCUT2D eigenvalue weighted by Crippen LogP contribution is 2.20. The van der Waals surface area contributed by atoms with Crippen molar-refractivity contribution in [2.45, 2.75) is 6.92 Å². The number of carboxylic acids is 1. The average molecular weight is 245 g/mol. The Labute approximate surface area is 103 Å². The molecule has 5 nitrogen and oxygen atoms in total. The lowest BCUT2D eigenvalue weighted by Crippen LogP contribution is -2.05. The predicted molar refractivity (Wildman–Crippen MR) is 64.8 cm³/mol. The number of aromatic carboxylic acids is 1. The number of carboxylic acid groups (broad SMARTS) is 1. The Morgan fingerprint density at radius 3 is 2.61 bits per heavy atom. The molecule has 1 N–H and O–H groups in total. The number of benzene rings is 1. The summed E-state index contributed by atoms with van der Waals surface area (Å²) in [5.74, 6) is -1.50. The van der Waals surface area contributed by atoms with E-state index >= 15 is 0 Å². The summed E-state index contributed by atoms with van der Waals surface area (Å²) in [5.41, 5.74) is 1.76. The van der Waals surface area contributed by atoms with Crippen LogP contribution in [0, 0.1) is 6.92 Å². The van der Waals surface area contributed by atoms with Crippen LogP contribution < -0.4 is 0 Å². The number of fused-ring (bicyclic) bond motifs is 1. The Hall–Kier alpha value is -2.43. The number of hydrogen-bond donors (Lipinski definition) is 1. The molecule has 0 atom stereocenters. The van der Waals surface area contributed by atoms with Gasteiger partial charge in [-0.05, 0) is 36.8 Å². The van der Waals surface area contributed by atoms with Crippen LogP contribution >= 0.6 is 0 Å². The van der Waals surface area contributed by atoms with Crippen molar-refractivity contribution < 1.29 is 19.4 Å². The third-order valence-corrected chi connectivity index (χ3v) is 2.66. The monoisotopic (exact) mass is 245 g/mol. The number of pyridine rings is 1. The van der Waals surface area contributed by atoms with E-state index < -0.39 is 11.9 Å². The fourth-order valence-electron chi connectivity index (χ4n) is 1.74. The number of nitrogens with zero attached hydrogens (tertiary/aromatic N) is 1. The molecule has 1 aromatic carbocycles. The van der Waals surface area contributed by atoms with Crippen LogP contribution in [0.5, 0.6) is 0 Å². The van der Waals surface area contributed by atoms with Gasteiger partial charge in [-0.3, -0.25) is 0 Å². The summed E-state index contributed by atoms with van der Waals surface area (Å²) in [6.45, 7) is 1.79. The number of carbonyl (C=O) groups is 2. The highest BCUT2D eigenvalue weighted by atomic mass is 16.5. The van der Waals surface area contributed by atoms with Crippen molar-refractivity contribution in [1.82, 2.24) is 4.98 Å². The molecule has 92 valence electrons. The fraction of sp³-hybridized carbons (Fsp3) is 0.154. The zero-order valence-electron chi connectivity index (χ0n) is 9.93. The lowest BCUT2D eigenvalue weighted by molar-refractivity contribution is 0.0593. The third kappa shape index (κ3) is 2.02. The fourth-order valence-corrected chi connectivity index (χ4v) is 1.74. The number of carbonyl (C=O) groups excluding carboxylic acids is 1. The van der Waals surface area contributed by atoms with E-state index in [0.717, 1.165) is 5.56 Å². The Bertz CT molecular complexity index is 649. The maximum Gasteiger partial charge on any atom is 0.356 e. The molecule has 0 spiro atoms. The minimum absolute atomic E-state index is 0.193. The molecule has 0 aliphatic carbocycles. The summed E-state index contributed by atoms with van der Waals surface area (Å²) in [5, 5.41) is 9.63. The summed E-state index contributed by atoms with van der Waals surface area (Å²) >= 11 is 0. The molecular formula is C13H11NO4. The maximum absolute atomic E-state index is 11.4. The summed E-state index contributed by atoms with van der Waals surface area (Å²) in [4.78, 5) is 26.4. The van der Waals surface area contributed by atoms with Gasteiger partial charge in [0.1, 0.15) is 5.69 Å². The Morgan fingerprint density at radius 1 is 1.28 bits per heavy atom. The molecule has 1 heterocycles. The van der Waals surface area contributed by atoms with Gasteiger partial charge in [0.2, 0.25) is 0 Å². The lowest BCUT2D eigenvalue weighted by Gasteiger charge is -2.06. The van der Waals surface area contributed by atoms with Crippen LogP contribution in [-0.4, -0.2) is 29.1 Å². The number of aromatic nitrogens is 1. The van der Waals surface area contributed by atoms with Crippen molar-refractivity contribution in [3.05, 3.63) is 41.1 Å². The third-order valence-electron chi connectivity index (χ3n) is 2.66. The van der Waals surface area contributed by atoms with Crippen molar-refractivity contribution in [2.75, 3.05) is 7.11 Å². The molecule has 0 saturated carbocycles. The SMILES string of the molecule is COC(=O)c1cc(C)c2cc(C(=O)O)ccc2n1. The molecule has 0 saturated heterocycles. The number of aryl methyl sites for hydroxylation is 1. The quantitative estimate of drug-likeness (QED) is 0.819. The first-order valence-electron chi connectivity index (χ1n) is 5.26. The number of rotatable bonds is 2. The van der Waals surface area contributed by atoms with Crippen LogP contribution in [0.1, 0.15) is 26.4 Å². The van der Waals surface area contributed by atoms with Gasteiger partial charge in [0.15, 0.2) is 0 Å². The topological polar surface area (TPSA) is 76.5 Å². The molecule has 1 aromatic heterocycles. The number of ether oxygens (including phenoxy) is 1. The minimum atomic E-state index is -0.992. The summed E-state index contributed by atoms with van der Waals surface area (Å²) < 4.78 is 4.61. The molecule has 0 radical (unpaired) electrons. The lowest BCUT2D eigenvalue weighted by atomic mass is 10.1. The Balaban J connectivity index is 2.65. The van der Waals surface area contributed by atoms with Crippen molar-refractivity contribution in [1.29, 1.82) is 0 Å². The van der Waals surface area contributed by atoms with Gasteiger partial charge < -0.3 is 9.84 Å². The largest absolute Gasteiger partial charge is 0.478 e. The zero-order valence-corrected chi connectivity index (χ0v) is 9.93. The van der Waals surface area contributed by atoms with Crippen LogP contribution in [-0.2, 0) is 4.74 Å². The van der Waals surface area contributed by atoms with Gasteiger partial charge in [0, 0.05) is 5.39 Å². The van der Waals surface area contributed by atoms with E-state index in [1.165, 1.54) is 13.2 Å². The molecule has 0 amide bonds. The van der Waals surface area contributed by atoms with E-state index in [2.05, 4.69) is 9.72 Å². The van der Waals surface area contributed by atoms with E-state index in [1.54, 1.807) is 25.1 Å². The molecule has 18 heavy (non-hydrogen) atoms. The van der Waals surface area contributed by atoms with Crippen molar-refractivity contribution in [2.24, 2.45) is 0 Å². The van der Waals surface area contributed by atoms with Crippen LogP contribution in [0.25, 0.3) is 10.9 Å². The second-order valence-electron chi connectivity index (χ2n) is 3.85. The average Bonchev–Trinajstić information content (AvgIpc) is 2.37. The molecule has 0 bridgehead atoms. The Kier molecular flexibility index (Phi) is 2.97. The van der Waals surface area contributed by atoms with Gasteiger partial charge in [-0.15, -0.1) is 0 Å². The van der Waals surface area contributed by atoms with E-state index in [9.17, 15) is 9.59 Å². The number of esters is 1. The second-order valence-corrected chi connectivity index (χ2v) is 3.85. The van der Waals surface area contributed by atoms with E-state index in [4.69, 9.17) is 5.11 Å². The van der Waals surface area contributed by atoms with Gasteiger partial charge in [0.25, 0.3) is 0 Å². The van der Waals surface area contributed by atoms with Crippen LogP contribution in [0.2, 0.25) is 0 Å². The first-order valence-corrected chi connectivity index (χ1v) is 5.26. The first kappa shape index (κ1) is 12.0. The smallest absolute Gasteiger partial charge is 0.356 e. The van der Waals surface area contributed by atoms with Crippen molar-refractivity contribution in [3.63, 3.8) is 0 Å². The Morgan fingerprint density at radius 2 is 2.00 bits per heavy atom. The molecule has 2 aromatic rings. The van der Waals surface area contributed by atoms with E-state index in [-0.39, 0.29) is 11.3 Å². The standard InChI is InChI=1S/C13H11NO4/c1-7-5-11(13(17)18-2)14-10-4-3-8(12(15)16)6-9(7)10/h3-6H,1-2H3,(H,15,16). The first-order chi connectivity index (χ1) is 8.52. The van der Waals surface area contributed by atoms with Gasteiger partial charge >= 0.3 is 11.9 Å². The van der Waals surface area contributed by atoms with E-state index in [1.807, 2.05) is 0 Å². The van der Waals surface area contributed by atoms with Crippen LogP contribution in [0.4, 0.5) is 0 Å². The van der Waals surface area contributed by atoms with E-state index in [0.29, 0.717) is 10.9 Å². The van der Waals surface area contributed by atoms with Gasteiger partial charge in [-0.2, -0.15) is 0 Å². The molecule has 0 aliphatic heterocycles. The van der Waals surface area contributed by atoms with Crippen molar-refractivity contribution in [3.8, 4) is 0 Å². The van der Waals surface area contributed by atoms with Crippen LogP contribution in [0.3, 0.4) is 0 Å². The summed E-state index contributed by atoms with van der Waals surface area (Å²) in [7, 11) is 1.29. The molecule has 0 aliphatic rings. The predicted octanol–water partition coefficient (Wildman–Crippen LogP) is 2.03. The van der Waals surface area contributed by atoms with Gasteiger partial charge in [-0.25, -0.2) is 14.6 Å². The number of hydrogen-bond acceptors (Lipinski definition) is 4. The highest BCUT2D eigenvalue weighted by molar-refractivity contribution is 5.96. The molecule has 2 rings (SSSR count). The normalized spacial score (nSPS) is 10.3. The van der Waals surface area contributed by atoms with Gasteiger partial charge in [0.05, 0.1) is 18.2 Å². The molecule has 5 heteroatoms. The highest BCUT2D eigenvalue weighted by Gasteiger charge is 2.12.